The molecule has 0 saturated carbocycles. The van der Waals surface area contributed by atoms with Gasteiger partial charge in [-0.3, -0.25) is 14.5 Å². The molecule has 1 aliphatic heterocycles. The van der Waals surface area contributed by atoms with E-state index in [4.69, 9.17) is 9.47 Å². The highest BCUT2D eigenvalue weighted by Gasteiger charge is 2.48. The second kappa shape index (κ2) is 12.6. The number of fused-ring (bicyclic) bond motifs is 1. The van der Waals surface area contributed by atoms with Gasteiger partial charge in [0.15, 0.2) is 15.8 Å². The van der Waals surface area contributed by atoms with E-state index in [0.29, 0.717) is 32.7 Å². The van der Waals surface area contributed by atoms with Crippen LogP contribution in [0.4, 0.5) is 5.13 Å². The van der Waals surface area contributed by atoms with Crippen LogP contribution >= 0.6 is 23.1 Å². The number of methoxy groups -OCH3 is 2. The molecule has 10 heteroatoms. The normalized spacial score (nSPS) is 16.3. The van der Waals surface area contributed by atoms with E-state index in [9.17, 15) is 14.7 Å². The highest BCUT2D eigenvalue weighted by Crippen LogP contribution is 2.45. The topological polar surface area (TPSA) is 102 Å². The SMILES string of the molecule is COc1ccc(C(O)=C2C(=O)C(=O)N(c3nnc(SCc4cccc5ccccc45)s3)[C@H]2c2ccc(C(C)(C)C)cc2)cc1OC. The molecule has 0 aliphatic carbocycles. The van der Waals surface area contributed by atoms with Crippen LogP contribution in [0.15, 0.2) is 94.8 Å². The summed E-state index contributed by atoms with van der Waals surface area (Å²) in [6.07, 6.45) is 0. The van der Waals surface area contributed by atoms with E-state index in [2.05, 4.69) is 55.2 Å². The summed E-state index contributed by atoms with van der Waals surface area (Å²) in [5, 5.41) is 23.0. The number of ether oxygens (including phenoxy) is 2. The Hall–Kier alpha value is -4.67. The molecule has 1 saturated heterocycles. The van der Waals surface area contributed by atoms with Crippen molar-refractivity contribution < 1.29 is 24.2 Å². The Bertz CT molecular complexity index is 1970. The maximum Gasteiger partial charge on any atom is 0.301 e. The van der Waals surface area contributed by atoms with Gasteiger partial charge in [-0.1, -0.05) is 111 Å². The largest absolute Gasteiger partial charge is 0.507 e. The quantitative estimate of drug-likeness (QED) is 0.0594. The molecule has 46 heavy (non-hydrogen) atoms. The van der Waals surface area contributed by atoms with Gasteiger partial charge in [-0.15, -0.1) is 10.2 Å². The number of nitrogens with zero attached hydrogens (tertiary/aromatic N) is 3. The second-order valence-corrected chi connectivity index (χ2v) is 14.1. The molecule has 0 bridgehead atoms. The van der Waals surface area contributed by atoms with Crippen molar-refractivity contribution in [2.75, 3.05) is 19.1 Å². The van der Waals surface area contributed by atoms with Crippen molar-refractivity contribution in [3.05, 3.63) is 113 Å². The molecule has 1 aliphatic rings. The van der Waals surface area contributed by atoms with E-state index in [1.807, 2.05) is 42.5 Å². The zero-order valence-corrected chi connectivity index (χ0v) is 27.7. The van der Waals surface area contributed by atoms with Gasteiger partial charge in [-0.2, -0.15) is 0 Å². The van der Waals surface area contributed by atoms with Gasteiger partial charge < -0.3 is 14.6 Å². The van der Waals surface area contributed by atoms with Crippen molar-refractivity contribution in [1.29, 1.82) is 0 Å². The third kappa shape index (κ3) is 5.86. The van der Waals surface area contributed by atoms with E-state index in [1.165, 1.54) is 47.6 Å². The molecule has 234 valence electrons. The average Bonchev–Trinajstić information content (AvgIpc) is 3.64. The van der Waals surface area contributed by atoms with Crippen LogP contribution in [0, 0.1) is 0 Å². The fourth-order valence-corrected chi connectivity index (χ4v) is 7.44. The Balaban J connectivity index is 1.40. The molecule has 4 aromatic carbocycles. The van der Waals surface area contributed by atoms with Crippen molar-refractivity contribution in [3.63, 3.8) is 0 Å². The first-order valence-corrected chi connectivity index (χ1v) is 16.5. The lowest BCUT2D eigenvalue weighted by molar-refractivity contribution is -0.132. The standard InChI is InChI=1S/C36H33N3O5S2/c1-36(2,3)25-16-13-22(14-17-25)30-29(31(40)23-15-18-27(43-4)28(19-23)44-5)32(41)33(42)39(30)34-37-38-35(46-34)45-20-24-11-8-10-21-9-6-7-12-26(21)24/h6-19,30,40H,20H2,1-5H3/t30-/m0/s1. The number of benzene rings is 4. The number of carbonyl (C=O) groups excluding carboxylic acids is 2. The number of aromatic nitrogens is 2. The van der Waals surface area contributed by atoms with Crippen LogP contribution in [0.1, 0.15) is 49.1 Å². The molecule has 5 aromatic rings. The minimum Gasteiger partial charge on any atom is -0.507 e. The van der Waals surface area contributed by atoms with Gasteiger partial charge in [-0.25, -0.2) is 0 Å². The Morgan fingerprint density at radius 3 is 2.35 bits per heavy atom. The van der Waals surface area contributed by atoms with Crippen molar-refractivity contribution in [2.24, 2.45) is 0 Å². The molecule has 8 nitrogen and oxygen atoms in total. The van der Waals surface area contributed by atoms with Crippen LogP contribution in [0.5, 0.6) is 11.5 Å². The number of hydrogen-bond acceptors (Lipinski definition) is 9. The van der Waals surface area contributed by atoms with Crippen LogP contribution in [0.3, 0.4) is 0 Å². The molecule has 1 amide bonds. The van der Waals surface area contributed by atoms with E-state index in [-0.39, 0.29) is 21.9 Å². The Kier molecular flexibility index (Phi) is 8.59. The summed E-state index contributed by atoms with van der Waals surface area (Å²) in [5.41, 5.74) is 3.09. The summed E-state index contributed by atoms with van der Waals surface area (Å²) in [6.45, 7) is 6.34. The number of aliphatic hydroxyl groups is 1. The first kappa shape index (κ1) is 31.3. The zero-order valence-electron chi connectivity index (χ0n) is 26.1. The van der Waals surface area contributed by atoms with Gasteiger partial charge in [0, 0.05) is 11.3 Å². The number of ketones is 1. The fourth-order valence-electron chi connectivity index (χ4n) is 5.57. The molecule has 0 radical (unpaired) electrons. The Labute approximate surface area is 275 Å². The van der Waals surface area contributed by atoms with Gasteiger partial charge in [0.1, 0.15) is 5.76 Å². The third-order valence-electron chi connectivity index (χ3n) is 8.03. The van der Waals surface area contributed by atoms with Gasteiger partial charge in [-0.05, 0) is 51.1 Å². The predicted molar refractivity (Wildman–Crippen MR) is 183 cm³/mol. The Morgan fingerprint density at radius 2 is 1.63 bits per heavy atom. The number of hydrogen-bond donors (Lipinski definition) is 1. The molecule has 0 unspecified atom stereocenters. The Morgan fingerprint density at radius 1 is 0.913 bits per heavy atom. The van der Waals surface area contributed by atoms with Crippen LogP contribution in [-0.2, 0) is 20.8 Å². The molecule has 0 spiro atoms. The van der Waals surface area contributed by atoms with Crippen LogP contribution in [-0.4, -0.2) is 41.2 Å². The summed E-state index contributed by atoms with van der Waals surface area (Å²) in [6, 6.07) is 26.1. The van der Waals surface area contributed by atoms with E-state index < -0.39 is 17.7 Å². The second-order valence-electron chi connectivity index (χ2n) is 11.9. The number of aliphatic hydroxyl groups excluding tert-OH is 1. The molecular weight excluding hydrogens is 619 g/mol. The molecule has 6 rings (SSSR count). The van der Waals surface area contributed by atoms with E-state index in [1.54, 1.807) is 18.2 Å². The summed E-state index contributed by atoms with van der Waals surface area (Å²) in [5.74, 6) is -0.404. The van der Waals surface area contributed by atoms with Crippen molar-refractivity contribution in [3.8, 4) is 11.5 Å². The minimum absolute atomic E-state index is 0.0408. The monoisotopic (exact) mass is 651 g/mol. The summed E-state index contributed by atoms with van der Waals surface area (Å²) < 4.78 is 11.4. The molecule has 2 heterocycles. The highest BCUT2D eigenvalue weighted by molar-refractivity contribution is 8.00. The van der Waals surface area contributed by atoms with Gasteiger partial charge in [0.2, 0.25) is 5.13 Å². The van der Waals surface area contributed by atoms with Gasteiger partial charge in [0.05, 0.1) is 25.8 Å². The number of anilines is 1. The third-order valence-corrected chi connectivity index (χ3v) is 10.1. The van der Waals surface area contributed by atoms with Gasteiger partial charge in [0.25, 0.3) is 5.78 Å². The first-order chi connectivity index (χ1) is 22.1. The molecule has 1 aromatic heterocycles. The van der Waals surface area contributed by atoms with Gasteiger partial charge >= 0.3 is 5.91 Å². The first-order valence-electron chi connectivity index (χ1n) is 14.7. The maximum atomic E-state index is 13.7. The fraction of sp³-hybridized carbons (Fsp3) is 0.222. The highest BCUT2D eigenvalue weighted by atomic mass is 32.2. The van der Waals surface area contributed by atoms with E-state index >= 15 is 0 Å². The lowest BCUT2D eigenvalue weighted by atomic mass is 9.85. The smallest absolute Gasteiger partial charge is 0.301 e. The van der Waals surface area contributed by atoms with Crippen molar-refractivity contribution >= 4 is 56.5 Å². The molecule has 1 atom stereocenters. The number of thioether (sulfide) groups is 1. The molecule has 1 N–H and O–H groups in total. The summed E-state index contributed by atoms with van der Waals surface area (Å²) in [4.78, 5) is 28.8. The zero-order chi connectivity index (χ0) is 32.6. The lowest BCUT2D eigenvalue weighted by Crippen LogP contribution is -2.29. The maximum absolute atomic E-state index is 13.7. The van der Waals surface area contributed by atoms with Crippen molar-refractivity contribution in [2.45, 2.75) is 42.3 Å². The average molecular weight is 652 g/mol. The number of amides is 1. The minimum atomic E-state index is -0.925. The summed E-state index contributed by atoms with van der Waals surface area (Å²) >= 11 is 2.76. The molecule has 1 fully saturated rings. The van der Waals surface area contributed by atoms with Crippen LogP contribution in [0.2, 0.25) is 0 Å². The lowest BCUT2D eigenvalue weighted by Gasteiger charge is -2.24. The number of rotatable bonds is 8. The molecular formula is C36H33N3O5S2. The number of carbonyl (C=O) groups is 2. The predicted octanol–water partition coefficient (Wildman–Crippen LogP) is 7.92. The summed E-state index contributed by atoms with van der Waals surface area (Å²) in [7, 11) is 3.00. The van der Waals surface area contributed by atoms with Crippen LogP contribution in [0.25, 0.3) is 16.5 Å². The van der Waals surface area contributed by atoms with E-state index in [0.717, 1.165) is 16.5 Å². The van der Waals surface area contributed by atoms with Crippen molar-refractivity contribution in [1.82, 2.24) is 10.2 Å². The number of Topliss-reactive ketones (excluding diaryl/α,β-unsaturated/α-hetero) is 1. The van der Waals surface area contributed by atoms with Crippen LogP contribution < -0.4 is 14.4 Å².